The minimum absolute atomic E-state index is 0.209. The summed E-state index contributed by atoms with van der Waals surface area (Å²) in [6.07, 6.45) is 3.43. The van der Waals surface area contributed by atoms with Gasteiger partial charge in [-0.05, 0) is 25.5 Å². The van der Waals surface area contributed by atoms with E-state index in [9.17, 15) is 9.90 Å². The van der Waals surface area contributed by atoms with Gasteiger partial charge in [-0.1, -0.05) is 31.9 Å². The number of para-hydroxylation sites is 1. The van der Waals surface area contributed by atoms with Crippen molar-refractivity contribution < 1.29 is 9.90 Å². The molecule has 122 valence electrons. The highest BCUT2D eigenvalue weighted by Gasteiger charge is 2.10. The highest BCUT2D eigenvalue weighted by atomic mass is 16.4. The van der Waals surface area contributed by atoms with Crippen LogP contribution in [-0.4, -0.2) is 27.6 Å². The largest absolute Gasteiger partial charge is 0.478 e. The molecular weight excluding hydrogens is 292 g/mol. The molecule has 0 saturated heterocycles. The first-order valence-corrected chi connectivity index (χ1v) is 7.79. The van der Waals surface area contributed by atoms with Gasteiger partial charge in [0.1, 0.15) is 17.5 Å². The van der Waals surface area contributed by atoms with Gasteiger partial charge in [0.15, 0.2) is 0 Å². The molecule has 2 rings (SSSR count). The second-order valence-electron chi connectivity index (χ2n) is 5.30. The number of unbranched alkanes of at least 4 members (excludes halogenated alkanes) is 2. The van der Waals surface area contributed by atoms with E-state index in [-0.39, 0.29) is 5.56 Å². The van der Waals surface area contributed by atoms with Crippen LogP contribution in [0.15, 0.2) is 30.3 Å². The number of nitrogens with zero attached hydrogens (tertiary/aromatic N) is 2. The zero-order valence-electron chi connectivity index (χ0n) is 13.5. The van der Waals surface area contributed by atoms with Crippen LogP contribution >= 0.6 is 0 Å². The summed E-state index contributed by atoms with van der Waals surface area (Å²) in [6.45, 7) is 4.83. The molecule has 6 nitrogen and oxygen atoms in total. The first-order valence-electron chi connectivity index (χ1n) is 7.79. The Hall–Kier alpha value is -2.63. The van der Waals surface area contributed by atoms with Crippen molar-refractivity contribution in [2.75, 3.05) is 17.2 Å². The summed E-state index contributed by atoms with van der Waals surface area (Å²) in [5.41, 5.74) is 0.719. The summed E-state index contributed by atoms with van der Waals surface area (Å²) >= 11 is 0. The molecule has 0 aliphatic rings. The van der Waals surface area contributed by atoms with E-state index in [0.29, 0.717) is 17.3 Å². The topological polar surface area (TPSA) is 87.1 Å². The normalized spacial score (nSPS) is 10.3. The fourth-order valence-corrected chi connectivity index (χ4v) is 2.23. The summed E-state index contributed by atoms with van der Waals surface area (Å²) < 4.78 is 0. The lowest BCUT2D eigenvalue weighted by Crippen LogP contribution is -2.07. The van der Waals surface area contributed by atoms with E-state index in [1.807, 2.05) is 6.92 Å². The predicted octanol–water partition coefficient (Wildman–Crippen LogP) is 3.83. The van der Waals surface area contributed by atoms with Crippen LogP contribution in [0.25, 0.3) is 0 Å². The van der Waals surface area contributed by atoms with Crippen LogP contribution in [0, 0.1) is 6.92 Å². The van der Waals surface area contributed by atoms with Gasteiger partial charge in [0.25, 0.3) is 0 Å². The second kappa shape index (κ2) is 8.12. The lowest BCUT2D eigenvalue weighted by molar-refractivity contribution is 0.0698. The third-order valence-corrected chi connectivity index (χ3v) is 3.34. The number of aromatic nitrogens is 2. The molecule has 1 aromatic carbocycles. The van der Waals surface area contributed by atoms with E-state index in [4.69, 9.17) is 0 Å². The van der Waals surface area contributed by atoms with Gasteiger partial charge in [-0.15, -0.1) is 0 Å². The molecule has 2 aromatic rings. The van der Waals surface area contributed by atoms with Crippen molar-refractivity contribution in [1.29, 1.82) is 0 Å². The molecule has 0 saturated carbocycles. The van der Waals surface area contributed by atoms with Crippen molar-refractivity contribution in [3.8, 4) is 0 Å². The Morgan fingerprint density at radius 1 is 1.17 bits per heavy atom. The van der Waals surface area contributed by atoms with Gasteiger partial charge in [0.2, 0.25) is 0 Å². The number of aromatic carboxylic acids is 1. The summed E-state index contributed by atoms with van der Waals surface area (Å²) in [7, 11) is 0. The summed E-state index contributed by atoms with van der Waals surface area (Å²) in [4.78, 5) is 19.9. The Balaban J connectivity index is 2.14. The predicted molar refractivity (Wildman–Crippen MR) is 91.5 cm³/mol. The average molecular weight is 314 g/mol. The number of benzene rings is 1. The van der Waals surface area contributed by atoms with Crippen molar-refractivity contribution >= 4 is 23.3 Å². The Morgan fingerprint density at radius 3 is 2.65 bits per heavy atom. The number of aryl methyl sites for hydroxylation is 1. The molecule has 0 aliphatic carbocycles. The molecule has 0 amide bonds. The summed E-state index contributed by atoms with van der Waals surface area (Å²) in [6, 6.07) is 8.54. The van der Waals surface area contributed by atoms with Crippen LogP contribution < -0.4 is 10.6 Å². The maximum atomic E-state index is 11.3. The molecular formula is C17H22N4O2. The van der Waals surface area contributed by atoms with Gasteiger partial charge in [0.05, 0.1) is 11.3 Å². The molecule has 0 spiro atoms. The Kier molecular flexibility index (Phi) is 5.91. The van der Waals surface area contributed by atoms with Gasteiger partial charge >= 0.3 is 5.97 Å². The average Bonchev–Trinajstić information content (AvgIpc) is 2.51. The van der Waals surface area contributed by atoms with E-state index < -0.39 is 5.97 Å². The first-order chi connectivity index (χ1) is 11.1. The van der Waals surface area contributed by atoms with Gasteiger partial charge < -0.3 is 15.7 Å². The van der Waals surface area contributed by atoms with Gasteiger partial charge in [-0.3, -0.25) is 0 Å². The van der Waals surface area contributed by atoms with Crippen molar-refractivity contribution in [2.45, 2.75) is 33.1 Å². The number of hydrogen-bond donors (Lipinski definition) is 3. The molecule has 0 bridgehead atoms. The lowest BCUT2D eigenvalue weighted by atomic mass is 10.2. The van der Waals surface area contributed by atoms with Crippen LogP contribution in [0.5, 0.6) is 0 Å². The number of carbonyl (C=O) groups is 1. The third kappa shape index (κ3) is 4.95. The number of nitrogens with one attached hydrogen (secondary N) is 2. The van der Waals surface area contributed by atoms with E-state index in [0.717, 1.165) is 18.8 Å². The standard InChI is InChI=1S/C17H22N4O2/c1-3-4-7-10-18-15-11-16(20-12(2)19-15)21-14-9-6-5-8-13(14)17(22)23/h5-6,8-9,11H,3-4,7,10H2,1-2H3,(H,22,23)(H2,18,19,20,21). The van der Waals surface area contributed by atoms with Crippen LogP contribution in [-0.2, 0) is 0 Å². The van der Waals surface area contributed by atoms with Gasteiger partial charge in [-0.2, -0.15) is 0 Å². The number of hydrogen-bond acceptors (Lipinski definition) is 5. The SMILES string of the molecule is CCCCCNc1cc(Nc2ccccc2C(=O)O)nc(C)n1. The van der Waals surface area contributed by atoms with Crippen LogP contribution in [0.3, 0.4) is 0 Å². The molecule has 1 heterocycles. The molecule has 0 atom stereocenters. The zero-order chi connectivity index (χ0) is 16.7. The van der Waals surface area contributed by atoms with Crippen LogP contribution in [0.1, 0.15) is 42.4 Å². The molecule has 23 heavy (non-hydrogen) atoms. The maximum absolute atomic E-state index is 11.3. The van der Waals surface area contributed by atoms with Crippen molar-refractivity contribution in [3.05, 3.63) is 41.7 Å². The minimum atomic E-state index is -0.975. The number of carboxylic acids is 1. The van der Waals surface area contributed by atoms with E-state index in [1.54, 1.807) is 30.3 Å². The molecule has 6 heteroatoms. The van der Waals surface area contributed by atoms with Crippen molar-refractivity contribution in [1.82, 2.24) is 9.97 Å². The zero-order valence-corrected chi connectivity index (χ0v) is 13.5. The Bertz CT molecular complexity index is 673. The number of rotatable bonds is 8. The molecule has 1 aromatic heterocycles. The molecule has 0 aliphatic heterocycles. The van der Waals surface area contributed by atoms with Gasteiger partial charge in [-0.25, -0.2) is 14.8 Å². The highest BCUT2D eigenvalue weighted by Crippen LogP contribution is 2.21. The van der Waals surface area contributed by atoms with Crippen LogP contribution in [0.4, 0.5) is 17.3 Å². The minimum Gasteiger partial charge on any atom is -0.478 e. The monoisotopic (exact) mass is 314 g/mol. The van der Waals surface area contributed by atoms with Crippen molar-refractivity contribution in [2.24, 2.45) is 0 Å². The third-order valence-electron chi connectivity index (χ3n) is 3.34. The number of carboxylic acid groups (broad SMARTS) is 1. The quantitative estimate of drug-likeness (QED) is 0.642. The van der Waals surface area contributed by atoms with E-state index in [1.165, 1.54) is 12.8 Å². The molecule has 0 unspecified atom stereocenters. The van der Waals surface area contributed by atoms with Crippen LogP contribution in [0.2, 0.25) is 0 Å². The fourth-order valence-electron chi connectivity index (χ4n) is 2.23. The first kappa shape index (κ1) is 16.7. The molecule has 0 radical (unpaired) electrons. The van der Waals surface area contributed by atoms with Crippen molar-refractivity contribution in [3.63, 3.8) is 0 Å². The second-order valence-corrected chi connectivity index (χ2v) is 5.30. The molecule has 0 fully saturated rings. The van der Waals surface area contributed by atoms with E-state index >= 15 is 0 Å². The lowest BCUT2D eigenvalue weighted by Gasteiger charge is -2.11. The van der Waals surface area contributed by atoms with Gasteiger partial charge in [0, 0.05) is 12.6 Å². The smallest absolute Gasteiger partial charge is 0.337 e. The Labute approximate surface area is 136 Å². The maximum Gasteiger partial charge on any atom is 0.337 e. The van der Waals surface area contributed by atoms with E-state index in [2.05, 4.69) is 27.5 Å². The summed E-state index contributed by atoms with van der Waals surface area (Å²) in [5, 5.41) is 15.6. The molecule has 3 N–H and O–H groups in total. The number of anilines is 3. The Morgan fingerprint density at radius 2 is 1.91 bits per heavy atom. The fraction of sp³-hybridized carbons (Fsp3) is 0.353. The highest BCUT2D eigenvalue weighted by molar-refractivity contribution is 5.95. The summed E-state index contributed by atoms with van der Waals surface area (Å²) in [5.74, 6) is 0.964.